The molecule has 0 aromatic rings. The van der Waals surface area contributed by atoms with E-state index in [2.05, 4.69) is 27.6 Å². The van der Waals surface area contributed by atoms with E-state index >= 15 is 0 Å². The first-order valence-electron chi connectivity index (χ1n) is 4.35. The second-order valence-corrected chi connectivity index (χ2v) is 2.59. The normalized spacial score (nSPS) is 14.2. The molecule has 0 spiro atoms. The van der Waals surface area contributed by atoms with Crippen molar-refractivity contribution < 1.29 is 0 Å². The van der Waals surface area contributed by atoms with Crippen LogP contribution >= 0.6 is 0 Å². The second-order valence-electron chi connectivity index (χ2n) is 2.59. The van der Waals surface area contributed by atoms with E-state index < -0.39 is 0 Å². The van der Waals surface area contributed by atoms with Crippen molar-refractivity contribution in [1.29, 1.82) is 0 Å². The smallest absolute Gasteiger partial charge is 0.152 e. The van der Waals surface area contributed by atoms with E-state index in [1.165, 1.54) is 0 Å². The molecule has 0 heterocycles. The van der Waals surface area contributed by atoms with E-state index in [0.717, 1.165) is 0 Å². The minimum absolute atomic E-state index is 0.110. The van der Waals surface area contributed by atoms with Gasteiger partial charge in [-0.05, 0) is 20.6 Å². The van der Waals surface area contributed by atoms with E-state index in [4.69, 9.17) is 17.9 Å². The first-order chi connectivity index (χ1) is 7.06. The summed E-state index contributed by atoms with van der Waals surface area (Å²) in [7, 11) is 0. The average Bonchev–Trinajstić information content (AvgIpc) is 2.24. The van der Waals surface area contributed by atoms with Crippen LogP contribution in [0.15, 0.2) is 26.5 Å². The monoisotopic (exact) mass is 205 g/mol. The van der Waals surface area contributed by atoms with Crippen LogP contribution in [0.5, 0.6) is 0 Å². The van der Waals surface area contributed by atoms with Crippen molar-refractivity contribution in [2.45, 2.75) is 13.8 Å². The molecule has 0 aromatic heterocycles. The zero-order chi connectivity index (χ0) is 11.8. The molecule has 4 N–H and O–H groups in total. The topological polar surface area (TPSA) is 89.1 Å². The van der Waals surface area contributed by atoms with Gasteiger partial charge in [0.05, 0.1) is 5.71 Å². The van der Waals surface area contributed by atoms with Crippen LogP contribution in [0.2, 0.25) is 0 Å². The Balaban J connectivity index is 5.39. The van der Waals surface area contributed by atoms with Gasteiger partial charge >= 0.3 is 0 Å². The van der Waals surface area contributed by atoms with E-state index in [-0.39, 0.29) is 17.4 Å². The predicted molar refractivity (Wildman–Crippen MR) is 64.9 cm³/mol. The lowest BCUT2D eigenvalue weighted by atomic mass is 10.3. The summed E-state index contributed by atoms with van der Waals surface area (Å²) in [5, 5.41) is 0. The fourth-order valence-electron chi connectivity index (χ4n) is 0.766. The van der Waals surface area contributed by atoms with Crippen molar-refractivity contribution in [2.75, 3.05) is 6.54 Å². The maximum atomic E-state index is 5.66. The van der Waals surface area contributed by atoms with Gasteiger partial charge in [-0.2, -0.15) is 0 Å². The van der Waals surface area contributed by atoms with Crippen LogP contribution in [0.1, 0.15) is 13.8 Å². The molecular formula is C10H15N5. The van der Waals surface area contributed by atoms with Crippen LogP contribution < -0.4 is 11.5 Å². The van der Waals surface area contributed by atoms with E-state index in [1.807, 2.05) is 6.92 Å². The molecule has 0 rings (SSSR count). The molecule has 0 saturated heterocycles. The average molecular weight is 205 g/mol. The van der Waals surface area contributed by atoms with Crippen LogP contribution in [0.3, 0.4) is 0 Å². The van der Waals surface area contributed by atoms with Crippen LogP contribution in [0.25, 0.3) is 0 Å². The zero-order valence-corrected chi connectivity index (χ0v) is 8.99. The Kier molecular flexibility index (Phi) is 5.49. The molecule has 5 heteroatoms. The molecule has 0 aliphatic heterocycles. The summed E-state index contributed by atoms with van der Waals surface area (Å²) in [5.41, 5.74) is 11.9. The number of aliphatic imine (C=N–C) groups is 3. The highest BCUT2D eigenvalue weighted by Crippen LogP contribution is 2.03. The molecule has 0 aliphatic carbocycles. The molecule has 0 radical (unpaired) electrons. The van der Waals surface area contributed by atoms with Crippen molar-refractivity contribution in [1.82, 2.24) is 0 Å². The fraction of sp³-hybridized carbons (Fsp3) is 0.300. The second kappa shape index (κ2) is 6.38. The van der Waals surface area contributed by atoms with Crippen LogP contribution in [0, 0.1) is 12.3 Å². The Morgan fingerprint density at radius 2 is 2.07 bits per heavy atom. The highest BCUT2D eigenvalue weighted by atomic mass is 15.0. The standard InChI is InChI=1S/C10H15N5/c1-5-7(3)15-8(9(11)13-4)10(12)14-6-2/h1H,4,6,11H2,2-3H3,(H2,12,14)/b9-8-,15-7?. The Morgan fingerprint density at radius 3 is 2.47 bits per heavy atom. The summed E-state index contributed by atoms with van der Waals surface area (Å²) < 4.78 is 0. The van der Waals surface area contributed by atoms with Crippen LogP contribution in [-0.2, 0) is 0 Å². The maximum absolute atomic E-state index is 5.66. The first kappa shape index (κ1) is 12.9. The largest absolute Gasteiger partial charge is 0.382 e. The molecule has 5 nitrogen and oxygen atoms in total. The van der Waals surface area contributed by atoms with Gasteiger partial charge in [-0.15, -0.1) is 6.42 Å². The van der Waals surface area contributed by atoms with Crippen LogP contribution in [0.4, 0.5) is 0 Å². The molecule has 0 amide bonds. The number of terminal acetylenes is 1. The lowest BCUT2D eigenvalue weighted by Crippen LogP contribution is -2.19. The summed E-state index contributed by atoms with van der Waals surface area (Å²) in [4.78, 5) is 11.6. The van der Waals surface area contributed by atoms with Gasteiger partial charge in [-0.3, -0.25) is 4.99 Å². The van der Waals surface area contributed by atoms with Gasteiger partial charge in [0.2, 0.25) is 0 Å². The molecule has 0 bridgehead atoms. The van der Waals surface area contributed by atoms with E-state index in [1.54, 1.807) is 6.92 Å². The molecule has 15 heavy (non-hydrogen) atoms. The molecule has 0 saturated carbocycles. The Bertz CT molecular complexity index is 368. The molecule has 0 aromatic carbocycles. The minimum atomic E-state index is 0.110. The summed E-state index contributed by atoms with van der Waals surface area (Å²) in [6, 6.07) is 0. The summed E-state index contributed by atoms with van der Waals surface area (Å²) in [6.45, 7) is 7.33. The number of nitrogens with two attached hydrogens (primary N) is 2. The number of hydrogen-bond acceptors (Lipinski definition) is 4. The van der Waals surface area contributed by atoms with Crippen molar-refractivity contribution in [2.24, 2.45) is 26.4 Å². The highest BCUT2D eigenvalue weighted by Gasteiger charge is 2.06. The third kappa shape index (κ3) is 4.09. The lowest BCUT2D eigenvalue weighted by Gasteiger charge is -2.03. The molecule has 0 unspecified atom stereocenters. The van der Waals surface area contributed by atoms with Crippen molar-refractivity contribution in [3.8, 4) is 12.3 Å². The summed E-state index contributed by atoms with van der Waals surface area (Å²) in [6.07, 6.45) is 5.16. The maximum Gasteiger partial charge on any atom is 0.152 e. The van der Waals surface area contributed by atoms with Crippen molar-refractivity contribution >= 4 is 18.3 Å². The molecule has 80 valence electrons. The third-order valence-electron chi connectivity index (χ3n) is 1.47. The summed E-state index contributed by atoms with van der Waals surface area (Å²) >= 11 is 0. The summed E-state index contributed by atoms with van der Waals surface area (Å²) in [5.74, 6) is 2.68. The van der Waals surface area contributed by atoms with Gasteiger partial charge < -0.3 is 11.5 Å². The quantitative estimate of drug-likeness (QED) is 0.392. The van der Waals surface area contributed by atoms with Crippen LogP contribution in [-0.4, -0.2) is 24.8 Å². The van der Waals surface area contributed by atoms with Gasteiger partial charge in [0, 0.05) is 6.54 Å². The molecule has 0 aliphatic rings. The number of amidine groups is 1. The van der Waals surface area contributed by atoms with Crippen molar-refractivity contribution in [3.05, 3.63) is 11.5 Å². The van der Waals surface area contributed by atoms with Gasteiger partial charge in [-0.25, -0.2) is 9.98 Å². The predicted octanol–water partition coefficient (Wildman–Crippen LogP) is 0.286. The zero-order valence-electron chi connectivity index (χ0n) is 8.99. The number of nitrogens with zero attached hydrogens (tertiary/aromatic N) is 3. The van der Waals surface area contributed by atoms with Crippen molar-refractivity contribution in [3.63, 3.8) is 0 Å². The van der Waals surface area contributed by atoms with E-state index in [0.29, 0.717) is 12.3 Å². The Morgan fingerprint density at radius 1 is 1.47 bits per heavy atom. The van der Waals surface area contributed by atoms with Gasteiger partial charge in [-0.1, -0.05) is 5.92 Å². The Labute approximate surface area is 89.7 Å². The van der Waals surface area contributed by atoms with Gasteiger partial charge in [0.15, 0.2) is 5.82 Å². The van der Waals surface area contributed by atoms with Gasteiger partial charge in [0.25, 0.3) is 0 Å². The molecule has 0 atom stereocenters. The molecular weight excluding hydrogens is 190 g/mol. The number of rotatable bonds is 4. The fourth-order valence-corrected chi connectivity index (χ4v) is 0.766. The molecule has 0 fully saturated rings. The SMILES string of the molecule is C#CC(C)=N/C(C(N)=NCC)=C(/N)N=C. The van der Waals surface area contributed by atoms with Gasteiger partial charge in [0.1, 0.15) is 11.5 Å². The van der Waals surface area contributed by atoms with E-state index in [9.17, 15) is 0 Å². The lowest BCUT2D eigenvalue weighted by molar-refractivity contribution is 1.10. The third-order valence-corrected chi connectivity index (χ3v) is 1.47. The Hall–Kier alpha value is -2.09. The first-order valence-corrected chi connectivity index (χ1v) is 4.35. The minimum Gasteiger partial charge on any atom is -0.382 e. The number of hydrogen-bond donors (Lipinski definition) is 2. The highest BCUT2D eigenvalue weighted by molar-refractivity contribution is 6.04.